The van der Waals surface area contributed by atoms with Crippen LogP contribution in [0.5, 0.6) is 0 Å². The van der Waals surface area contributed by atoms with Gasteiger partial charge in [-0.15, -0.1) is 0 Å². The summed E-state index contributed by atoms with van der Waals surface area (Å²) in [6.07, 6.45) is 2.72. The summed E-state index contributed by atoms with van der Waals surface area (Å²) in [7, 11) is 2.09. The normalized spacial score (nSPS) is 21.6. The molecule has 1 aliphatic rings. The molecule has 1 N–H and O–H groups in total. The van der Waals surface area contributed by atoms with E-state index in [9.17, 15) is 0 Å². The number of hydrogen-bond acceptors (Lipinski definition) is 2. The van der Waals surface area contributed by atoms with Crippen LogP contribution in [0.1, 0.15) is 49.4 Å². The maximum absolute atomic E-state index is 3.52. The number of hydrogen-bond donors (Lipinski definition) is 1. The van der Waals surface area contributed by atoms with Crippen molar-refractivity contribution in [3.05, 3.63) is 34.9 Å². The molecular weight excluding hydrogens is 244 g/mol. The standard InChI is InChI=1S/C18H30N2/c1-13(2)18-7-6-10-20(18)12-17(19-5)16-9-8-14(3)11-15(16)4/h8-9,11,13,17-19H,6-7,10,12H2,1-5H3. The molecular formula is C18H30N2. The molecule has 0 spiro atoms. The number of nitrogens with zero attached hydrogens (tertiary/aromatic N) is 1. The summed E-state index contributed by atoms with van der Waals surface area (Å²) < 4.78 is 0. The van der Waals surface area contributed by atoms with Gasteiger partial charge in [-0.1, -0.05) is 37.6 Å². The smallest absolute Gasteiger partial charge is 0.0449 e. The first kappa shape index (κ1) is 15.5. The van der Waals surface area contributed by atoms with E-state index in [-0.39, 0.29) is 0 Å². The Morgan fingerprint density at radius 1 is 1.30 bits per heavy atom. The Labute approximate surface area is 124 Å². The number of aryl methyl sites for hydroxylation is 2. The summed E-state index contributed by atoms with van der Waals surface area (Å²) in [5, 5.41) is 3.52. The topological polar surface area (TPSA) is 15.3 Å². The van der Waals surface area contributed by atoms with E-state index in [0.29, 0.717) is 6.04 Å². The Morgan fingerprint density at radius 3 is 2.65 bits per heavy atom. The van der Waals surface area contributed by atoms with E-state index in [4.69, 9.17) is 0 Å². The molecule has 1 aromatic rings. The zero-order valence-corrected chi connectivity index (χ0v) is 13.7. The highest BCUT2D eigenvalue weighted by Gasteiger charge is 2.29. The highest BCUT2D eigenvalue weighted by Crippen LogP contribution is 2.27. The Hall–Kier alpha value is -0.860. The molecule has 0 aliphatic carbocycles. The van der Waals surface area contributed by atoms with Gasteiger partial charge in [0.1, 0.15) is 0 Å². The van der Waals surface area contributed by atoms with E-state index in [0.717, 1.165) is 18.5 Å². The first-order valence-corrected chi connectivity index (χ1v) is 8.01. The molecule has 2 unspecified atom stereocenters. The van der Waals surface area contributed by atoms with Crippen molar-refractivity contribution in [2.75, 3.05) is 20.1 Å². The van der Waals surface area contributed by atoms with Gasteiger partial charge in [0.25, 0.3) is 0 Å². The van der Waals surface area contributed by atoms with Crippen LogP contribution < -0.4 is 5.32 Å². The average molecular weight is 274 g/mol. The summed E-state index contributed by atoms with van der Waals surface area (Å²) >= 11 is 0. The van der Waals surface area contributed by atoms with Crippen molar-refractivity contribution in [1.82, 2.24) is 10.2 Å². The lowest BCUT2D eigenvalue weighted by Crippen LogP contribution is -2.39. The molecule has 0 bridgehead atoms. The molecule has 0 radical (unpaired) electrons. The third-order valence-electron chi connectivity index (χ3n) is 4.75. The number of rotatable bonds is 5. The van der Waals surface area contributed by atoms with Crippen molar-refractivity contribution >= 4 is 0 Å². The molecule has 20 heavy (non-hydrogen) atoms. The first-order chi connectivity index (χ1) is 9.52. The van der Waals surface area contributed by atoms with Crippen molar-refractivity contribution < 1.29 is 0 Å². The molecule has 1 saturated heterocycles. The molecule has 0 aromatic heterocycles. The number of likely N-dealkylation sites (N-methyl/N-ethyl adjacent to an activating group) is 1. The van der Waals surface area contributed by atoms with E-state index < -0.39 is 0 Å². The zero-order valence-electron chi connectivity index (χ0n) is 13.7. The molecule has 1 heterocycles. The van der Waals surface area contributed by atoms with E-state index in [1.54, 1.807) is 0 Å². The van der Waals surface area contributed by atoms with Gasteiger partial charge in [-0.2, -0.15) is 0 Å². The van der Waals surface area contributed by atoms with E-state index in [1.165, 1.54) is 36.1 Å². The summed E-state index contributed by atoms with van der Waals surface area (Å²) in [4.78, 5) is 2.69. The van der Waals surface area contributed by atoms with Crippen LogP contribution in [0.4, 0.5) is 0 Å². The molecule has 1 aromatic carbocycles. The predicted molar refractivity (Wildman–Crippen MR) is 87.1 cm³/mol. The minimum Gasteiger partial charge on any atom is -0.312 e. The number of likely N-dealkylation sites (tertiary alicyclic amines) is 1. The minimum absolute atomic E-state index is 0.440. The maximum atomic E-state index is 3.52. The lowest BCUT2D eigenvalue weighted by Gasteiger charge is -2.32. The van der Waals surface area contributed by atoms with Crippen LogP contribution in [-0.4, -0.2) is 31.1 Å². The van der Waals surface area contributed by atoms with Gasteiger partial charge in [-0.05, 0) is 57.3 Å². The van der Waals surface area contributed by atoms with Gasteiger partial charge >= 0.3 is 0 Å². The van der Waals surface area contributed by atoms with Crippen LogP contribution in [0.15, 0.2) is 18.2 Å². The number of benzene rings is 1. The van der Waals surface area contributed by atoms with Gasteiger partial charge in [0.2, 0.25) is 0 Å². The highest BCUT2D eigenvalue weighted by molar-refractivity contribution is 5.33. The fourth-order valence-electron chi connectivity index (χ4n) is 3.63. The predicted octanol–water partition coefficient (Wildman–Crippen LogP) is 3.68. The first-order valence-electron chi connectivity index (χ1n) is 8.01. The van der Waals surface area contributed by atoms with Crippen molar-refractivity contribution in [3.8, 4) is 0 Å². The van der Waals surface area contributed by atoms with Gasteiger partial charge in [0.05, 0.1) is 0 Å². The Kier molecular flexibility index (Phi) is 5.22. The molecule has 112 valence electrons. The lowest BCUT2D eigenvalue weighted by atomic mass is 9.97. The average Bonchev–Trinajstić information content (AvgIpc) is 2.85. The van der Waals surface area contributed by atoms with Gasteiger partial charge in [0.15, 0.2) is 0 Å². The van der Waals surface area contributed by atoms with Gasteiger partial charge < -0.3 is 5.32 Å². The zero-order chi connectivity index (χ0) is 14.7. The van der Waals surface area contributed by atoms with Gasteiger partial charge in [-0.3, -0.25) is 4.90 Å². The summed E-state index contributed by atoms with van der Waals surface area (Å²) in [6.45, 7) is 11.5. The molecule has 2 nitrogen and oxygen atoms in total. The molecule has 1 fully saturated rings. The van der Waals surface area contributed by atoms with Crippen LogP contribution in [0, 0.1) is 19.8 Å². The lowest BCUT2D eigenvalue weighted by molar-refractivity contribution is 0.188. The van der Waals surface area contributed by atoms with Crippen molar-refractivity contribution in [1.29, 1.82) is 0 Å². The monoisotopic (exact) mass is 274 g/mol. The minimum atomic E-state index is 0.440. The largest absolute Gasteiger partial charge is 0.312 e. The molecule has 0 saturated carbocycles. The van der Waals surface area contributed by atoms with Gasteiger partial charge in [0, 0.05) is 18.6 Å². The molecule has 1 aliphatic heterocycles. The SMILES string of the molecule is CNC(CN1CCCC1C(C)C)c1ccc(C)cc1C. The third-order valence-corrected chi connectivity index (χ3v) is 4.75. The number of nitrogens with one attached hydrogen (secondary N) is 1. The van der Waals surface area contributed by atoms with Crippen LogP contribution >= 0.6 is 0 Å². The van der Waals surface area contributed by atoms with E-state index in [2.05, 4.69) is 63.2 Å². The highest BCUT2D eigenvalue weighted by atomic mass is 15.2. The van der Waals surface area contributed by atoms with Crippen molar-refractivity contribution in [3.63, 3.8) is 0 Å². The fraction of sp³-hybridized carbons (Fsp3) is 0.667. The van der Waals surface area contributed by atoms with Gasteiger partial charge in [-0.25, -0.2) is 0 Å². The second kappa shape index (κ2) is 6.73. The fourth-order valence-corrected chi connectivity index (χ4v) is 3.63. The van der Waals surface area contributed by atoms with E-state index >= 15 is 0 Å². The molecule has 2 atom stereocenters. The summed E-state index contributed by atoms with van der Waals surface area (Å²) in [6, 6.07) is 8.03. The maximum Gasteiger partial charge on any atom is 0.0449 e. The quantitative estimate of drug-likeness (QED) is 0.881. The van der Waals surface area contributed by atoms with Crippen LogP contribution in [-0.2, 0) is 0 Å². The van der Waals surface area contributed by atoms with Crippen LogP contribution in [0.3, 0.4) is 0 Å². The van der Waals surface area contributed by atoms with Crippen LogP contribution in [0.2, 0.25) is 0 Å². The van der Waals surface area contributed by atoms with E-state index in [1.807, 2.05) is 0 Å². The molecule has 2 rings (SSSR count). The Bertz CT molecular complexity index is 439. The van der Waals surface area contributed by atoms with Crippen molar-refractivity contribution in [2.45, 2.75) is 52.6 Å². The molecule has 0 amide bonds. The summed E-state index contributed by atoms with van der Waals surface area (Å²) in [5.74, 6) is 0.758. The Balaban J connectivity index is 2.12. The third kappa shape index (κ3) is 3.42. The van der Waals surface area contributed by atoms with Crippen molar-refractivity contribution in [2.24, 2.45) is 5.92 Å². The second-order valence-electron chi connectivity index (χ2n) is 6.65. The molecule has 2 heteroatoms. The second-order valence-corrected chi connectivity index (χ2v) is 6.65. The Morgan fingerprint density at radius 2 is 2.05 bits per heavy atom. The van der Waals surface area contributed by atoms with Crippen LogP contribution in [0.25, 0.3) is 0 Å². The summed E-state index contributed by atoms with van der Waals surface area (Å²) in [5.41, 5.74) is 4.21.